The topological polar surface area (TPSA) is 40.6 Å². The van der Waals surface area contributed by atoms with Crippen LogP contribution in [0.4, 0.5) is 4.39 Å². The molecule has 0 spiro atoms. The molecule has 23 heavy (non-hydrogen) atoms. The molecule has 1 aromatic rings. The van der Waals surface area contributed by atoms with Crippen LogP contribution in [-0.2, 0) is 9.84 Å². The second-order valence-electron chi connectivity index (χ2n) is 6.60. The maximum Gasteiger partial charge on any atom is 0.151 e. The van der Waals surface area contributed by atoms with Crippen molar-refractivity contribution in [2.45, 2.75) is 31.8 Å². The van der Waals surface area contributed by atoms with E-state index in [0.29, 0.717) is 17.5 Å². The number of hydrogen-bond acceptors (Lipinski definition) is 4. The molecular weight excluding hydrogens is 315 g/mol. The fourth-order valence-corrected chi connectivity index (χ4v) is 5.63. The van der Waals surface area contributed by atoms with Crippen molar-refractivity contribution in [3.05, 3.63) is 35.6 Å². The minimum Gasteiger partial charge on any atom is -0.297 e. The predicted octanol–water partition coefficient (Wildman–Crippen LogP) is 2.08. The lowest BCUT2D eigenvalue weighted by Crippen LogP contribution is -2.51. The Morgan fingerprint density at radius 2 is 1.83 bits per heavy atom. The van der Waals surface area contributed by atoms with E-state index in [4.69, 9.17) is 0 Å². The summed E-state index contributed by atoms with van der Waals surface area (Å²) in [5.74, 6) is 0.462. The van der Waals surface area contributed by atoms with Crippen LogP contribution in [0.5, 0.6) is 0 Å². The lowest BCUT2D eigenvalue weighted by molar-refractivity contribution is 0.0734. The molecule has 2 atom stereocenters. The minimum atomic E-state index is -2.82. The Balaban J connectivity index is 1.60. The molecule has 4 nitrogen and oxygen atoms in total. The highest BCUT2D eigenvalue weighted by Gasteiger charge is 2.34. The summed E-state index contributed by atoms with van der Waals surface area (Å²) in [6.07, 6.45) is 1.76. The van der Waals surface area contributed by atoms with Crippen LogP contribution in [0.3, 0.4) is 0 Å². The summed E-state index contributed by atoms with van der Waals surface area (Å²) < 4.78 is 36.4. The van der Waals surface area contributed by atoms with E-state index in [-0.39, 0.29) is 11.9 Å². The molecule has 2 aliphatic heterocycles. The smallest absolute Gasteiger partial charge is 0.151 e. The molecule has 1 aromatic carbocycles. The average Bonchev–Trinajstić information content (AvgIpc) is 2.91. The summed E-state index contributed by atoms with van der Waals surface area (Å²) in [6, 6.07) is 7.31. The van der Waals surface area contributed by atoms with Crippen molar-refractivity contribution >= 4 is 9.84 Å². The first kappa shape index (κ1) is 16.9. The highest BCUT2D eigenvalue weighted by atomic mass is 32.2. The van der Waals surface area contributed by atoms with Crippen LogP contribution in [0.25, 0.3) is 0 Å². The highest BCUT2D eigenvalue weighted by Crippen LogP contribution is 2.27. The number of rotatable bonds is 4. The van der Waals surface area contributed by atoms with Gasteiger partial charge in [-0.2, -0.15) is 0 Å². The van der Waals surface area contributed by atoms with Crippen LogP contribution in [0.15, 0.2) is 24.3 Å². The first-order chi connectivity index (χ1) is 11.0. The number of benzene rings is 1. The van der Waals surface area contributed by atoms with Gasteiger partial charge in [-0.25, -0.2) is 12.8 Å². The van der Waals surface area contributed by atoms with Crippen molar-refractivity contribution in [3.8, 4) is 0 Å². The molecule has 2 saturated heterocycles. The molecule has 6 heteroatoms. The zero-order chi connectivity index (χ0) is 16.4. The van der Waals surface area contributed by atoms with Gasteiger partial charge >= 0.3 is 0 Å². The first-order valence-corrected chi connectivity index (χ1v) is 10.2. The number of hydrogen-bond donors (Lipinski definition) is 0. The number of sulfone groups is 1. The molecule has 2 aliphatic rings. The Kier molecular flexibility index (Phi) is 5.04. The largest absolute Gasteiger partial charge is 0.297 e. The number of piperazine rings is 1. The Hall–Kier alpha value is -0.980. The molecular formula is C17H25FN2O2S. The quantitative estimate of drug-likeness (QED) is 0.841. The van der Waals surface area contributed by atoms with Crippen LogP contribution in [0.2, 0.25) is 0 Å². The number of halogens is 1. The van der Waals surface area contributed by atoms with Crippen molar-refractivity contribution in [2.24, 2.45) is 0 Å². The van der Waals surface area contributed by atoms with Gasteiger partial charge in [0.25, 0.3) is 0 Å². The van der Waals surface area contributed by atoms with E-state index >= 15 is 0 Å². The monoisotopic (exact) mass is 340 g/mol. The Morgan fingerprint density at radius 3 is 2.35 bits per heavy atom. The molecule has 2 heterocycles. The van der Waals surface area contributed by atoms with E-state index in [1.807, 2.05) is 12.1 Å². The Labute approximate surface area is 138 Å². The summed E-state index contributed by atoms with van der Waals surface area (Å²) in [7, 11) is -2.82. The molecule has 3 rings (SSSR count). The molecule has 0 bridgehead atoms. The highest BCUT2D eigenvalue weighted by molar-refractivity contribution is 7.91. The number of nitrogens with zero attached hydrogens (tertiary/aromatic N) is 2. The van der Waals surface area contributed by atoms with Gasteiger partial charge in [0.05, 0.1) is 11.5 Å². The third kappa shape index (κ3) is 3.92. The molecule has 2 fully saturated rings. The van der Waals surface area contributed by atoms with Gasteiger partial charge in [0.1, 0.15) is 5.82 Å². The van der Waals surface area contributed by atoms with E-state index in [1.54, 1.807) is 0 Å². The summed E-state index contributed by atoms with van der Waals surface area (Å²) in [5, 5.41) is 0. The SMILES string of the molecule is CC[C@@H](c1ccc(F)cc1)N1CCN([C@H]2CCS(=O)(=O)C2)CC1. The van der Waals surface area contributed by atoms with Gasteiger partial charge in [0, 0.05) is 38.3 Å². The van der Waals surface area contributed by atoms with Gasteiger partial charge in [-0.15, -0.1) is 0 Å². The van der Waals surface area contributed by atoms with Gasteiger partial charge in [-0.05, 0) is 30.5 Å². The van der Waals surface area contributed by atoms with E-state index in [2.05, 4.69) is 16.7 Å². The zero-order valence-corrected chi connectivity index (χ0v) is 14.4. The summed E-state index contributed by atoms with van der Waals surface area (Å²) in [6.45, 7) is 5.86. The molecule has 0 aliphatic carbocycles. The summed E-state index contributed by atoms with van der Waals surface area (Å²) in [5.41, 5.74) is 1.16. The van der Waals surface area contributed by atoms with Crippen molar-refractivity contribution in [2.75, 3.05) is 37.7 Å². The Bertz CT molecular complexity index is 624. The fourth-order valence-electron chi connectivity index (χ4n) is 3.87. The standard InChI is InChI=1S/C17H25FN2O2S/c1-2-17(14-3-5-15(18)6-4-14)20-10-8-19(9-11-20)16-7-12-23(21,22)13-16/h3-6,16-17H,2,7-13H2,1H3/t16-,17-/m0/s1. The molecule has 0 saturated carbocycles. The molecule has 128 valence electrons. The third-order valence-electron chi connectivity index (χ3n) is 5.16. The van der Waals surface area contributed by atoms with Crippen molar-refractivity contribution < 1.29 is 12.8 Å². The van der Waals surface area contributed by atoms with E-state index in [9.17, 15) is 12.8 Å². The normalized spacial score (nSPS) is 27.1. The van der Waals surface area contributed by atoms with Crippen LogP contribution in [0.1, 0.15) is 31.4 Å². The molecule has 0 N–H and O–H groups in total. The van der Waals surface area contributed by atoms with Gasteiger partial charge in [-0.1, -0.05) is 19.1 Å². The van der Waals surface area contributed by atoms with Gasteiger partial charge in [-0.3, -0.25) is 9.80 Å². The fraction of sp³-hybridized carbons (Fsp3) is 0.647. The average molecular weight is 340 g/mol. The van der Waals surface area contributed by atoms with E-state index in [1.165, 1.54) is 12.1 Å². The van der Waals surface area contributed by atoms with Crippen LogP contribution < -0.4 is 0 Å². The van der Waals surface area contributed by atoms with E-state index in [0.717, 1.165) is 44.6 Å². The van der Waals surface area contributed by atoms with Crippen molar-refractivity contribution in [3.63, 3.8) is 0 Å². The lowest BCUT2D eigenvalue weighted by atomic mass is 10.0. The third-order valence-corrected chi connectivity index (χ3v) is 6.91. The maximum absolute atomic E-state index is 13.1. The van der Waals surface area contributed by atoms with Crippen LogP contribution >= 0.6 is 0 Å². The molecule has 0 unspecified atom stereocenters. The van der Waals surface area contributed by atoms with Gasteiger partial charge < -0.3 is 0 Å². The summed E-state index contributed by atoms with van der Waals surface area (Å²) >= 11 is 0. The second-order valence-corrected chi connectivity index (χ2v) is 8.83. The molecule has 0 amide bonds. The van der Waals surface area contributed by atoms with Gasteiger partial charge in [0.2, 0.25) is 0 Å². The molecule has 0 aromatic heterocycles. The lowest BCUT2D eigenvalue weighted by Gasteiger charge is -2.41. The maximum atomic E-state index is 13.1. The van der Waals surface area contributed by atoms with Crippen LogP contribution in [0, 0.1) is 5.82 Å². The molecule has 0 radical (unpaired) electrons. The van der Waals surface area contributed by atoms with Crippen molar-refractivity contribution in [1.29, 1.82) is 0 Å². The first-order valence-electron chi connectivity index (χ1n) is 8.42. The summed E-state index contributed by atoms with van der Waals surface area (Å²) in [4.78, 5) is 4.77. The Morgan fingerprint density at radius 1 is 1.17 bits per heavy atom. The minimum absolute atomic E-state index is 0.198. The van der Waals surface area contributed by atoms with E-state index < -0.39 is 9.84 Å². The van der Waals surface area contributed by atoms with Gasteiger partial charge in [0.15, 0.2) is 9.84 Å². The zero-order valence-electron chi connectivity index (χ0n) is 13.6. The van der Waals surface area contributed by atoms with Crippen LogP contribution in [-0.4, -0.2) is 61.9 Å². The predicted molar refractivity (Wildman–Crippen MR) is 89.6 cm³/mol. The van der Waals surface area contributed by atoms with Crippen molar-refractivity contribution in [1.82, 2.24) is 9.80 Å². The second kappa shape index (κ2) is 6.87.